The maximum atomic E-state index is 6.29. The molecule has 0 aliphatic heterocycles. The van der Waals surface area contributed by atoms with E-state index in [-0.39, 0.29) is 6.10 Å². The third-order valence-electron chi connectivity index (χ3n) is 3.11. The molecule has 4 heteroatoms. The Labute approximate surface area is 130 Å². The van der Waals surface area contributed by atoms with Crippen LogP contribution in [-0.2, 0) is 11.2 Å². The molecule has 1 N–H and O–H groups in total. The summed E-state index contributed by atoms with van der Waals surface area (Å²) in [5.74, 6) is 0. The van der Waals surface area contributed by atoms with Crippen molar-refractivity contribution in [3.8, 4) is 0 Å². The second-order valence-electron chi connectivity index (χ2n) is 4.66. The highest BCUT2D eigenvalue weighted by Crippen LogP contribution is 2.23. The van der Waals surface area contributed by atoms with Crippen LogP contribution in [0.3, 0.4) is 0 Å². The summed E-state index contributed by atoms with van der Waals surface area (Å²) in [5, 5.41) is 4.36. The number of nitrogens with one attached hydrogen (secondary N) is 1. The molecule has 0 heterocycles. The Bertz CT molecular complexity index is 386. The number of hydrogen-bond donors (Lipinski definition) is 1. The summed E-state index contributed by atoms with van der Waals surface area (Å²) in [5.41, 5.74) is 1.16. The van der Waals surface area contributed by atoms with Crippen LogP contribution < -0.4 is 5.32 Å². The van der Waals surface area contributed by atoms with E-state index in [1.165, 1.54) is 0 Å². The van der Waals surface area contributed by atoms with E-state index in [1.54, 1.807) is 0 Å². The highest BCUT2D eigenvalue weighted by Gasteiger charge is 2.18. The molecular formula is C15H23BrClNO. The molecule has 108 valence electrons. The standard InChI is InChI=1S/C15H23BrClNO/c1-4-8-18-15(11(3)19-5-2)9-12-6-7-13(16)10-14(12)17/h6-7,10-11,15,18H,4-5,8-9H2,1-3H3. The van der Waals surface area contributed by atoms with Crippen molar-refractivity contribution in [3.63, 3.8) is 0 Å². The molecule has 0 saturated carbocycles. The van der Waals surface area contributed by atoms with Crippen molar-refractivity contribution in [2.45, 2.75) is 45.8 Å². The smallest absolute Gasteiger partial charge is 0.0703 e. The number of ether oxygens (including phenoxy) is 1. The molecule has 0 spiro atoms. The van der Waals surface area contributed by atoms with Crippen molar-refractivity contribution in [2.24, 2.45) is 0 Å². The minimum atomic E-state index is 0.177. The maximum Gasteiger partial charge on any atom is 0.0703 e. The molecule has 0 radical (unpaired) electrons. The van der Waals surface area contributed by atoms with Crippen LogP contribution in [0.4, 0.5) is 0 Å². The SMILES string of the molecule is CCCNC(Cc1ccc(Br)cc1Cl)C(C)OCC. The van der Waals surface area contributed by atoms with Gasteiger partial charge in [-0.3, -0.25) is 0 Å². The van der Waals surface area contributed by atoms with Crippen molar-refractivity contribution < 1.29 is 4.74 Å². The van der Waals surface area contributed by atoms with Crippen LogP contribution in [0.25, 0.3) is 0 Å². The number of hydrogen-bond acceptors (Lipinski definition) is 2. The number of rotatable bonds is 8. The van der Waals surface area contributed by atoms with Gasteiger partial charge in [0.2, 0.25) is 0 Å². The van der Waals surface area contributed by atoms with Gasteiger partial charge in [0, 0.05) is 22.1 Å². The Morgan fingerprint density at radius 2 is 2.11 bits per heavy atom. The van der Waals surface area contributed by atoms with Crippen molar-refractivity contribution in [2.75, 3.05) is 13.2 Å². The van der Waals surface area contributed by atoms with E-state index in [2.05, 4.69) is 41.2 Å². The van der Waals surface area contributed by atoms with Crippen LogP contribution in [0.5, 0.6) is 0 Å². The van der Waals surface area contributed by atoms with Gasteiger partial charge in [-0.25, -0.2) is 0 Å². The Morgan fingerprint density at radius 1 is 1.37 bits per heavy atom. The molecule has 1 rings (SSSR count). The molecule has 0 aliphatic carbocycles. The van der Waals surface area contributed by atoms with Gasteiger partial charge in [-0.2, -0.15) is 0 Å². The zero-order chi connectivity index (χ0) is 14.3. The zero-order valence-corrected chi connectivity index (χ0v) is 14.2. The Kier molecular flexibility index (Phi) is 8.00. The molecular weight excluding hydrogens is 326 g/mol. The predicted octanol–water partition coefficient (Wildman–Crippen LogP) is 4.44. The fourth-order valence-electron chi connectivity index (χ4n) is 2.04. The molecule has 0 bridgehead atoms. The Balaban J connectivity index is 2.74. The van der Waals surface area contributed by atoms with Crippen LogP contribution in [0.2, 0.25) is 5.02 Å². The molecule has 0 aromatic heterocycles. The van der Waals surface area contributed by atoms with Crippen LogP contribution in [-0.4, -0.2) is 25.3 Å². The maximum absolute atomic E-state index is 6.29. The molecule has 0 amide bonds. The average Bonchev–Trinajstić information content (AvgIpc) is 2.37. The fourth-order valence-corrected chi connectivity index (χ4v) is 2.79. The van der Waals surface area contributed by atoms with Crippen molar-refractivity contribution in [3.05, 3.63) is 33.3 Å². The van der Waals surface area contributed by atoms with Crippen LogP contribution in [0, 0.1) is 0 Å². The van der Waals surface area contributed by atoms with E-state index in [1.807, 2.05) is 19.1 Å². The lowest BCUT2D eigenvalue weighted by molar-refractivity contribution is 0.0476. The second-order valence-corrected chi connectivity index (χ2v) is 5.98. The van der Waals surface area contributed by atoms with Gasteiger partial charge >= 0.3 is 0 Å². The van der Waals surface area contributed by atoms with Gasteiger partial charge < -0.3 is 10.1 Å². The largest absolute Gasteiger partial charge is 0.377 e. The first-order chi connectivity index (χ1) is 9.08. The van der Waals surface area contributed by atoms with Crippen molar-refractivity contribution in [1.29, 1.82) is 0 Å². The normalized spacial score (nSPS) is 14.4. The lowest BCUT2D eigenvalue weighted by Gasteiger charge is -2.25. The van der Waals surface area contributed by atoms with Gasteiger partial charge in [-0.05, 0) is 50.9 Å². The molecule has 1 aromatic carbocycles. The van der Waals surface area contributed by atoms with Gasteiger partial charge in [0.15, 0.2) is 0 Å². The highest BCUT2D eigenvalue weighted by atomic mass is 79.9. The van der Waals surface area contributed by atoms with Gasteiger partial charge in [0.05, 0.1) is 6.10 Å². The number of halogens is 2. The summed E-state index contributed by atoms with van der Waals surface area (Å²) in [6.07, 6.45) is 2.17. The summed E-state index contributed by atoms with van der Waals surface area (Å²) in [6, 6.07) is 6.34. The minimum Gasteiger partial charge on any atom is -0.377 e. The van der Waals surface area contributed by atoms with E-state index < -0.39 is 0 Å². The summed E-state index contributed by atoms with van der Waals surface area (Å²) in [4.78, 5) is 0. The van der Waals surface area contributed by atoms with E-state index in [4.69, 9.17) is 16.3 Å². The first-order valence-electron chi connectivity index (χ1n) is 6.87. The van der Waals surface area contributed by atoms with E-state index >= 15 is 0 Å². The average molecular weight is 349 g/mol. The zero-order valence-electron chi connectivity index (χ0n) is 11.9. The Hall–Kier alpha value is -0.0900. The molecule has 0 saturated heterocycles. The Morgan fingerprint density at radius 3 is 2.68 bits per heavy atom. The van der Waals surface area contributed by atoms with Gasteiger partial charge in [0.1, 0.15) is 0 Å². The topological polar surface area (TPSA) is 21.3 Å². The van der Waals surface area contributed by atoms with Gasteiger partial charge in [-0.15, -0.1) is 0 Å². The molecule has 2 unspecified atom stereocenters. The van der Waals surface area contributed by atoms with E-state index in [0.29, 0.717) is 6.04 Å². The van der Waals surface area contributed by atoms with Crippen LogP contribution in [0.1, 0.15) is 32.8 Å². The summed E-state index contributed by atoms with van der Waals surface area (Å²) < 4.78 is 6.73. The summed E-state index contributed by atoms with van der Waals surface area (Å²) in [7, 11) is 0. The first-order valence-corrected chi connectivity index (χ1v) is 8.04. The highest BCUT2D eigenvalue weighted by molar-refractivity contribution is 9.10. The number of benzene rings is 1. The van der Waals surface area contributed by atoms with Crippen LogP contribution in [0.15, 0.2) is 22.7 Å². The molecule has 19 heavy (non-hydrogen) atoms. The molecule has 2 atom stereocenters. The van der Waals surface area contributed by atoms with E-state index in [0.717, 1.165) is 41.1 Å². The molecule has 1 aromatic rings. The summed E-state index contributed by atoms with van der Waals surface area (Å²) >= 11 is 9.72. The second kappa shape index (κ2) is 8.96. The molecule has 2 nitrogen and oxygen atoms in total. The van der Waals surface area contributed by atoms with Crippen molar-refractivity contribution in [1.82, 2.24) is 5.32 Å². The van der Waals surface area contributed by atoms with Crippen LogP contribution >= 0.6 is 27.5 Å². The van der Waals surface area contributed by atoms with Gasteiger partial charge in [0.25, 0.3) is 0 Å². The lowest BCUT2D eigenvalue weighted by Crippen LogP contribution is -2.42. The predicted molar refractivity (Wildman–Crippen MR) is 86.0 cm³/mol. The monoisotopic (exact) mass is 347 g/mol. The minimum absolute atomic E-state index is 0.177. The molecule has 0 aliphatic rings. The quantitative estimate of drug-likeness (QED) is 0.750. The third-order valence-corrected chi connectivity index (χ3v) is 3.95. The fraction of sp³-hybridized carbons (Fsp3) is 0.600. The van der Waals surface area contributed by atoms with Crippen molar-refractivity contribution >= 4 is 27.5 Å². The van der Waals surface area contributed by atoms with Gasteiger partial charge in [-0.1, -0.05) is 40.5 Å². The first kappa shape index (κ1) is 17.0. The third kappa shape index (κ3) is 5.82. The van der Waals surface area contributed by atoms with E-state index in [9.17, 15) is 0 Å². The summed E-state index contributed by atoms with van der Waals surface area (Å²) in [6.45, 7) is 8.04. The molecule has 0 fully saturated rings. The lowest BCUT2D eigenvalue weighted by atomic mass is 10.0.